The molecule has 0 bridgehead atoms. The number of aromatic nitrogens is 1. The number of hydrogen-bond donors (Lipinski definition) is 1. The number of furan rings is 1. The molecule has 2 heterocycles. The molecule has 0 atom stereocenters. The molecule has 1 N–H and O–H groups in total. The second kappa shape index (κ2) is 6.59. The van der Waals surface area contributed by atoms with E-state index >= 15 is 0 Å². The van der Waals surface area contributed by atoms with Crippen LogP contribution in [0.25, 0.3) is 11.1 Å². The summed E-state index contributed by atoms with van der Waals surface area (Å²) in [7, 11) is 1.31. The minimum absolute atomic E-state index is 0.286. The van der Waals surface area contributed by atoms with Crippen LogP contribution in [0.15, 0.2) is 34.7 Å². The largest absolute Gasteiger partial charge is 0.464 e. The van der Waals surface area contributed by atoms with E-state index in [9.17, 15) is 9.59 Å². The van der Waals surface area contributed by atoms with E-state index < -0.39 is 5.97 Å². The zero-order chi connectivity index (χ0) is 17.3. The third-order valence-corrected chi connectivity index (χ3v) is 4.25. The average molecular weight is 367 g/mol. The van der Waals surface area contributed by atoms with Crippen LogP contribution in [0.2, 0.25) is 10.0 Å². The van der Waals surface area contributed by atoms with Gasteiger partial charge in [0.05, 0.1) is 22.7 Å². The summed E-state index contributed by atoms with van der Waals surface area (Å²) in [5, 5.41) is 3.31. The summed E-state index contributed by atoms with van der Waals surface area (Å²) in [5.74, 6) is -0.208. The number of carbonyl (C=O) groups excluding carboxylic acids is 2. The number of rotatable bonds is 5. The minimum Gasteiger partial charge on any atom is -0.464 e. The van der Waals surface area contributed by atoms with Gasteiger partial charge in [0, 0.05) is 18.7 Å². The van der Waals surface area contributed by atoms with Gasteiger partial charge >= 0.3 is 5.97 Å². The molecule has 0 saturated heterocycles. The lowest BCUT2D eigenvalue weighted by atomic mass is 10.2. The van der Waals surface area contributed by atoms with Crippen LogP contribution in [0.5, 0.6) is 0 Å². The number of amides is 1. The summed E-state index contributed by atoms with van der Waals surface area (Å²) in [6.07, 6.45) is 0.516. The number of halogens is 2. The Morgan fingerprint density at radius 1 is 1.29 bits per heavy atom. The van der Waals surface area contributed by atoms with Crippen LogP contribution in [-0.4, -0.2) is 24.1 Å². The van der Waals surface area contributed by atoms with Gasteiger partial charge in [-0.25, -0.2) is 4.79 Å². The topological polar surface area (TPSA) is 73.5 Å². The molecule has 124 valence electrons. The maximum Gasteiger partial charge on any atom is 0.354 e. The van der Waals surface area contributed by atoms with Crippen molar-refractivity contribution >= 4 is 52.6 Å². The number of carbonyl (C=O) groups is 2. The highest BCUT2D eigenvalue weighted by molar-refractivity contribution is 6.42. The highest BCUT2D eigenvalue weighted by atomic mass is 35.5. The number of methoxy groups -OCH3 is 1. The summed E-state index contributed by atoms with van der Waals surface area (Å²) >= 11 is 12.0. The van der Waals surface area contributed by atoms with E-state index in [1.165, 1.54) is 7.11 Å². The van der Waals surface area contributed by atoms with Gasteiger partial charge in [0.1, 0.15) is 5.69 Å². The quantitative estimate of drug-likeness (QED) is 0.548. The predicted molar refractivity (Wildman–Crippen MR) is 90.8 cm³/mol. The van der Waals surface area contributed by atoms with E-state index in [0.717, 1.165) is 5.56 Å². The second-order valence-electron chi connectivity index (χ2n) is 4.98. The zero-order valence-corrected chi connectivity index (χ0v) is 14.0. The van der Waals surface area contributed by atoms with Gasteiger partial charge in [0.2, 0.25) is 12.3 Å². The van der Waals surface area contributed by atoms with Crippen LogP contribution >= 0.6 is 23.2 Å². The van der Waals surface area contributed by atoms with Gasteiger partial charge in [0.25, 0.3) is 0 Å². The van der Waals surface area contributed by atoms with Crippen molar-refractivity contribution in [3.05, 3.63) is 51.6 Å². The summed E-state index contributed by atoms with van der Waals surface area (Å²) in [5.41, 5.74) is 2.28. The van der Waals surface area contributed by atoms with Crippen LogP contribution in [0.1, 0.15) is 16.1 Å². The van der Waals surface area contributed by atoms with E-state index in [-0.39, 0.29) is 5.88 Å². The number of nitrogens with one attached hydrogen (secondary N) is 1. The van der Waals surface area contributed by atoms with Crippen molar-refractivity contribution in [2.24, 2.45) is 0 Å². The number of hydrogen-bond acceptors (Lipinski definition) is 4. The van der Waals surface area contributed by atoms with Crippen LogP contribution in [0.3, 0.4) is 0 Å². The van der Waals surface area contributed by atoms with E-state index in [0.29, 0.717) is 39.8 Å². The Kier molecular flexibility index (Phi) is 4.51. The van der Waals surface area contributed by atoms with Crippen molar-refractivity contribution in [3.8, 4) is 0 Å². The molecular weight excluding hydrogens is 355 g/mol. The van der Waals surface area contributed by atoms with Gasteiger partial charge in [0.15, 0.2) is 5.58 Å². The number of ether oxygens (including phenoxy) is 1. The molecule has 1 aromatic carbocycles. The molecule has 0 aliphatic rings. The second-order valence-corrected chi connectivity index (χ2v) is 5.79. The van der Waals surface area contributed by atoms with E-state index in [4.69, 9.17) is 32.4 Å². The molecule has 0 unspecified atom stereocenters. The Balaban J connectivity index is 2.09. The Hall–Kier alpha value is -2.44. The molecule has 1 amide bonds. The highest BCUT2D eigenvalue weighted by Crippen LogP contribution is 2.29. The Labute approximate surface area is 146 Å². The molecule has 3 aromatic rings. The molecular formula is C16H12Cl2N2O4. The third-order valence-electron chi connectivity index (χ3n) is 3.51. The Morgan fingerprint density at radius 3 is 2.75 bits per heavy atom. The van der Waals surface area contributed by atoms with Gasteiger partial charge in [-0.05, 0) is 17.7 Å². The van der Waals surface area contributed by atoms with Crippen molar-refractivity contribution in [3.63, 3.8) is 0 Å². The first-order valence-corrected chi connectivity index (χ1v) is 7.64. The fraction of sp³-hybridized carbons (Fsp3) is 0.125. The number of nitrogens with zero attached hydrogens (tertiary/aromatic N) is 1. The van der Waals surface area contributed by atoms with Crippen LogP contribution in [-0.2, 0) is 16.1 Å². The summed E-state index contributed by atoms with van der Waals surface area (Å²) in [6.45, 7) is 0.352. The van der Waals surface area contributed by atoms with Gasteiger partial charge < -0.3 is 13.7 Å². The van der Waals surface area contributed by atoms with E-state index in [2.05, 4.69) is 5.32 Å². The van der Waals surface area contributed by atoms with Crippen LogP contribution in [0.4, 0.5) is 5.88 Å². The maximum absolute atomic E-state index is 12.0. The number of benzene rings is 1. The van der Waals surface area contributed by atoms with Crippen molar-refractivity contribution in [2.75, 3.05) is 12.4 Å². The Bertz CT molecular complexity index is 930. The van der Waals surface area contributed by atoms with Gasteiger partial charge in [-0.1, -0.05) is 29.3 Å². The number of fused-ring (bicyclic) bond motifs is 1. The summed E-state index contributed by atoms with van der Waals surface area (Å²) in [6, 6.07) is 8.42. The molecule has 3 rings (SSSR count). The van der Waals surface area contributed by atoms with Gasteiger partial charge in [-0.15, -0.1) is 0 Å². The lowest BCUT2D eigenvalue weighted by Gasteiger charge is -2.09. The van der Waals surface area contributed by atoms with Crippen LogP contribution < -0.4 is 5.32 Å². The average Bonchev–Trinajstić information content (AvgIpc) is 3.09. The van der Waals surface area contributed by atoms with Crippen LogP contribution in [0, 0.1) is 0 Å². The predicted octanol–water partition coefficient (Wildman–Crippen LogP) is 3.94. The van der Waals surface area contributed by atoms with Crippen molar-refractivity contribution in [1.82, 2.24) is 4.57 Å². The van der Waals surface area contributed by atoms with Crippen molar-refractivity contribution in [2.45, 2.75) is 6.54 Å². The van der Waals surface area contributed by atoms with Gasteiger partial charge in [-0.3, -0.25) is 10.1 Å². The number of esters is 1. The first-order chi connectivity index (χ1) is 11.5. The van der Waals surface area contributed by atoms with Crippen molar-refractivity contribution < 1.29 is 18.7 Å². The fourth-order valence-corrected chi connectivity index (χ4v) is 2.76. The highest BCUT2D eigenvalue weighted by Gasteiger charge is 2.20. The smallest absolute Gasteiger partial charge is 0.354 e. The van der Waals surface area contributed by atoms with E-state index in [1.54, 1.807) is 28.8 Å². The maximum atomic E-state index is 12.0. The monoisotopic (exact) mass is 366 g/mol. The molecule has 8 heteroatoms. The van der Waals surface area contributed by atoms with Crippen molar-refractivity contribution in [1.29, 1.82) is 0 Å². The molecule has 0 radical (unpaired) electrons. The SMILES string of the molecule is COC(=O)c1cc2oc(NC=O)cc2n1Cc1ccc(Cl)c(Cl)c1. The third kappa shape index (κ3) is 2.98. The summed E-state index contributed by atoms with van der Waals surface area (Å²) < 4.78 is 12.0. The molecule has 24 heavy (non-hydrogen) atoms. The molecule has 2 aromatic heterocycles. The number of anilines is 1. The zero-order valence-electron chi connectivity index (χ0n) is 12.5. The summed E-state index contributed by atoms with van der Waals surface area (Å²) in [4.78, 5) is 22.6. The lowest BCUT2D eigenvalue weighted by Crippen LogP contribution is -2.11. The molecule has 0 fully saturated rings. The molecule has 0 spiro atoms. The first-order valence-electron chi connectivity index (χ1n) is 6.89. The molecule has 0 aliphatic heterocycles. The molecule has 6 nitrogen and oxygen atoms in total. The van der Waals surface area contributed by atoms with Gasteiger partial charge in [-0.2, -0.15) is 0 Å². The van der Waals surface area contributed by atoms with E-state index in [1.807, 2.05) is 6.07 Å². The Morgan fingerprint density at radius 2 is 2.08 bits per heavy atom. The minimum atomic E-state index is -0.494. The molecule has 0 saturated carbocycles. The fourth-order valence-electron chi connectivity index (χ4n) is 2.44. The first kappa shape index (κ1) is 16.4. The normalized spacial score (nSPS) is 10.8. The standard InChI is InChI=1S/C16H12Cl2N2O4/c1-23-16(22)13-5-14-12(6-15(24-14)19-8-21)20(13)7-9-2-3-10(17)11(18)4-9/h2-6,8H,7H2,1H3,(H,19,21). The lowest BCUT2D eigenvalue weighted by molar-refractivity contribution is -0.105. The molecule has 0 aliphatic carbocycles.